The predicted molar refractivity (Wildman–Crippen MR) is 89.0 cm³/mol. The summed E-state index contributed by atoms with van der Waals surface area (Å²) in [5.74, 6) is -0.222. The highest BCUT2D eigenvalue weighted by Crippen LogP contribution is 2.38. The minimum atomic E-state index is -0.222. The Morgan fingerprint density at radius 1 is 0.762 bits per heavy atom. The number of fused-ring (bicyclic) bond motifs is 3. The summed E-state index contributed by atoms with van der Waals surface area (Å²) in [6.07, 6.45) is 0. The highest BCUT2D eigenvalue weighted by atomic mass is 32.1. The van der Waals surface area contributed by atoms with Crippen molar-refractivity contribution in [1.82, 2.24) is 0 Å². The van der Waals surface area contributed by atoms with E-state index in [-0.39, 0.29) is 5.82 Å². The molecule has 0 bridgehead atoms. The highest BCUT2D eigenvalue weighted by Gasteiger charge is 2.08. The molecule has 0 aliphatic carbocycles. The molecule has 0 radical (unpaired) electrons. The maximum Gasteiger partial charge on any atom is 0.123 e. The molecule has 1 aromatic heterocycles. The summed E-state index contributed by atoms with van der Waals surface area (Å²) >= 11 is 1.77. The maximum atomic E-state index is 13.0. The molecule has 4 aromatic rings. The number of thiophene rings is 1. The number of anilines is 2. The van der Waals surface area contributed by atoms with Crippen molar-refractivity contribution in [2.75, 3.05) is 5.32 Å². The SMILES string of the molecule is Fc1ccc(Nc2cccc3c2sc2ccccc23)cc1. The van der Waals surface area contributed by atoms with Crippen LogP contribution in [0.3, 0.4) is 0 Å². The van der Waals surface area contributed by atoms with Gasteiger partial charge in [0.25, 0.3) is 0 Å². The summed E-state index contributed by atoms with van der Waals surface area (Å²) < 4.78 is 15.5. The minimum Gasteiger partial charge on any atom is -0.354 e. The molecule has 1 heterocycles. The first-order valence-electron chi connectivity index (χ1n) is 6.74. The first-order valence-corrected chi connectivity index (χ1v) is 7.56. The Labute approximate surface area is 125 Å². The molecular formula is C18H12FNS. The van der Waals surface area contributed by atoms with E-state index in [0.717, 1.165) is 11.4 Å². The molecule has 0 atom stereocenters. The fourth-order valence-electron chi connectivity index (χ4n) is 2.53. The number of benzene rings is 3. The monoisotopic (exact) mass is 293 g/mol. The molecule has 1 N–H and O–H groups in total. The summed E-state index contributed by atoms with van der Waals surface area (Å²) in [5, 5.41) is 5.91. The van der Waals surface area contributed by atoms with Crippen molar-refractivity contribution in [3.8, 4) is 0 Å². The smallest absolute Gasteiger partial charge is 0.123 e. The zero-order valence-electron chi connectivity index (χ0n) is 11.1. The predicted octanol–water partition coefficient (Wildman–Crippen LogP) is 5.94. The molecule has 1 nitrogen and oxygen atoms in total. The van der Waals surface area contributed by atoms with Gasteiger partial charge in [0.05, 0.1) is 10.4 Å². The van der Waals surface area contributed by atoms with Gasteiger partial charge in [-0.05, 0) is 36.4 Å². The average Bonchev–Trinajstić information content (AvgIpc) is 2.89. The van der Waals surface area contributed by atoms with E-state index in [2.05, 4.69) is 41.7 Å². The molecule has 3 heteroatoms. The third kappa shape index (κ3) is 2.16. The first kappa shape index (κ1) is 12.4. The molecule has 0 unspecified atom stereocenters. The van der Waals surface area contributed by atoms with Gasteiger partial charge in [-0.2, -0.15) is 0 Å². The lowest BCUT2D eigenvalue weighted by Crippen LogP contribution is -1.90. The second kappa shape index (κ2) is 4.86. The van der Waals surface area contributed by atoms with Crippen molar-refractivity contribution < 1.29 is 4.39 Å². The molecule has 0 saturated heterocycles. The second-order valence-corrected chi connectivity index (χ2v) is 5.96. The van der Waals surface area contributed by atoms with Crippen LogP contribution in [0.25, 0.3) is 20.2 Å². The average molecular weight is 293 g/mol. The Morgan fingerprint density at radius 2 is 1.52 bits per heavy atom. The molecule has 0 aliphatic rings. The summed E-state index contributed by atoms with van der Waals surface area (Å²) in [6, 6.07) is 21.1. The Kier molecular flexibility index (Phi) is 2.86. The van der Waals surface area contributed by atoms with Crippen molar-refractivity contribution in [2.45, 2.75) is 0 Å². The van der Waals surface area contributed by atoms with Gasteiger partial charge in [0.1, 0.15) is 5.82 Å². The molecule has 0 spiro atoms. The number of rotatable bonds is 2. The van der Waals surface area contributed by atoms with Crippen molar-refractivity contribution in [3.05, 3.63) is 72.5 Å². The molecule has 102 valence electrons. The van der Waals surface area contributed by atoms with E-state index < -0.39 is 0 Å². The van der Waals surface area contributed by atoms with Gasteiger partial charge in [-0.1, -0.05) is 30.3 Å². The van der Waals surface area contributed by atoms with Crippen LogP contribution in [-0.4, -0.2) is 0 Å². The quantitative estimate of drug-likeness (QED) is 0.482. The van der Waals surface area contributed by atoms with Crippen LogP contribution in [0.15, 0.2) is 66.7 Å². The second-order valence-electron chi connectivity index (χ2n) is 4.91. The molecular weight excluding hydrogens is 281 g/mol. The Balaban J connectivity index is 1.86. The van der Waals surface area contributed by atoms with Gasteiger partial charge in [-0.25, -0.2) is 4.39 Å². The Bertz CT molecular complexity index is 925. The van der Waals surface area contributed by atoms with Crippen LogP contribution in [0.4, 0.5) is 15.8 Å². The molecule has 0 saturated carbocycles. The van der Waals surface area contributed by atoms with Gasteiger partial charge in [-0.15, -0.1) is 11.3 Å². The lowest BCUT2D eigenvalue weighted by molar-refractivity contribution is 0.628. The van der Waals surface area contributed by atoms with Crippen molar-refractivity contribution >= 4 is 42.9 Å². The van der Waals surface area contributed by atoms with Crippen molar-refractivity contribution in [2.24, 2.45) is 0 Å². The van der Waals surface area contributed by atoms with Crippen LogP contribution in [0, 0.1) is 5.82 Å². The molecule has 0 aliphatic heterocycles. The summed E-state index contributed by atoms with van der Waals surface area (Å²) in [6.45, 7) is 0. The standard InChI is InChI=1S/C18H12FNS/c19-12-8-10-13(11-9-12)20-16-6-3-5-15-14-4-1-2-7-17(14)21-18(15)16/h1-11,20H. The molecule has 0 amide bonds. The third-order valence-corrected chi connectivity index (χ3v) is 4.75. The van der Waals surface area contributed by atoms with E-state index in [9.17, 15) is 4.39 Å². The van der Waals surface area contributed by atoms with Gasteiger partial charge in [0.15, 0.2) is 0 Å². The summed E-state index contributed by atoms with van der Waals surface area (Å²) in [4.78, 5) is 0. The fraction of sp³-hybridized carbons (Fsp3) is 0. The lowest BCUT2D eigenvalue weighted by atomic mass is 10.1. The van der Waals surface area contributed by atoms with E-state index >= 15 is 0 Å². The highest BCUT2D eigenvalue weighted by molar-refractivity contribution is 7.26. The Morgan fingerprint density at radius 3 is 2.38 bits per heavy atom. The van der Waals surface area contributed by atoms with Crippen LogP contribution in [0.5, 0.6) is 0 Å². The fourth-order valence-corrected chi connectivity index (χ4v) is 3.71. The normalized spacial score (nSPS) is 11.1. The number of halogens is 1. The van der Waals surface area contributed by atoms with Gasteiger partial charge >= 0.3 is 0 Å². The van der Waals surface area contributed by atoms with E-state index in [1.165, 1.54) is 32.3 Å². The van der Waals surface area contributed by atoms with Crippen molar-refractivity contribution in [3.63, 3.8) is 0 Å². The van der Waals surface area contributed by atoms with Gasteiger partial charge in [0.2, 0.25) is 0 Å². The molecule has 3 aromatic carbocycles. The van der Waals surface area contributed by atoms with E-state index in [4.69, 9.17) is 0 Å². The zero-order chi connectivity index (χ0) is 14.2. The number of hydrogen-bond donors (Lipinski definition) is 1. The van der Waals surface area contributed by atoms with Gasteiger partial charge in [-0.3, -0.25) is 0 Å². The number of hydrogen-bond acceptors (Lipinski definition) is 2. The van der Waals surface area contributed by atoms with E-state index in [1.54, 1.807) is 23.5 Å². The molecule has 0 fully saturated rings. The summed E-state index contributed by atoms with van der Waals surface area (Å²) in [7, 11) is 0. The lowest BCUT2D eigenvalue weighted by Gasteiger charge is -2.07. The maximum absolute atomic E-state index is 13.0. The van der Waals surface area contributed by atoms with Gasteiger partial charge < -0.3 is 5.32 Å². The van der Waals surface area contributed by atoms with Crippen LogP contribution in [0.2, 0.25) is 0 Å². The van der Waals surface area contributed by atoms with Crippen LogP contribution in [-0.2, 0) is 0 Å². The van der Waals surface area contributed by atoms with Crippen LogP contribution < -0.4 is 5.32 Å². The van der Waals surface area contributed by atoms with E-state index in [0.29, 0.717) is 0 Å². The molecule has 21 heavy (non-hydrogen) atoms. The van der Waals surface area contributed by atoms with Crippen molar-refractivity contribution in [1.29, 1.82) is 0 Å². The van der Waals surface area contributed by atoms with Gasteiger partial charge in [0, 0.05) is 21.2 Å². The molecule has 4 rings (SSSR count). The van der Waals surface area contributed by atoms with E-state index in [1.807, 2.05) is 6.07 Å². The zero-order valence-corrected chi connectivity index (χ0v) is 12.0. The minimum absolute atomic E-state index is 0.222. The Hall–Kier alpha value is -2.39. The first-order chi connectivity index (χ1) is 10.3. The third-order valence-electron chi connectivity index (χ3n) is 3.53. The van der Waals surface area contributed by atoms with Crippen LogP contribution in [0.1, 0.15) is 0 Å². The van der Waals surface area contributed by atoms with Crippen LogP contribution >= 0.6 is 11.3 Å². The largest absolute Gasteiger partial charge is 0.354 e. The topological polar surface area (TPSA) is 12.0 Å². The summed E-state index contributed by atoms with van der Waals surface area (Å²) in [5.41, 5.74) is 1.95. The number of nitrogens with one attached hydrogen (secondary N) is 1.